The Balaban J connectivity index is 2.20. The van der Waals surface area contributed by atoms with Crippen molar-refractivity contribution in [3.8, 4) is 5.75 Å². The Bertz CT molecular complexity index is 1220. The molecule has 2 amide bonds. The topological polar surface area (TPSA) is 68.3 Å². The van der Waals surface area contributed by atoms with Crippen molar-refractivity contribution in [1.82, 2.24) is 4.90 Å². The fourth-order valence-corrected chi connectivity index (χ4v) is 5.12. The monoisotopic (exact) mass is 640 g/mol. The average molecular weight is 641 g/mol. The van der Waals surface area contributed by atoms with Gasteiger partial charge in [0.25, 0.3) is 0 Å². The molecule has 2 aromatic carbocycles. The van der Waals surface area contributed by atoms with Gasteiger partial charge < -0.3 is 14.2 Å². The number of anilines is 1. The van der Waals surface area contributed by atoms with Gasteiger partial charge in [0.1, 0.15) is 5.75 Å². The largest absolute Gasteiger partial charge is 0.496 e. The molecule has 2 atom stereocenters. The highest BCUT2D eigenvalue weighted by Crippen LogP contribution is 2.45. The average Bonchev–Trinajstić information content (AvgIpc) is 2.89. The van der Waals surface area contributed by atoms with E-state index in [1.54, 1.807) is 26.0 Å². The summed E-state index contributed by atoms with van der Waals surface area (Å²) in [5.41, 5.74) is -2.03. The second-order valence-corrected chi connectivity index (χ2v) is 9.60. The molecule has 40 heavy (non-hydrogen) atoms. The summed E-state index contributed by atoms with van der Waals surface area (Å²) >= 11 is 3.37. The summed E-state index contributed by atoms with van der Waals surface area (Å²) < 4.78 is 96.6. The minimum Gasteiger partial charge on any atom is -0.496 e. The van der Waals surface area contributed by atoms with Crippen LogP contribution in [0.5, 0.6) is 5.75 Å². The predicted molar refractivity (Wildman–Crippen MR) is 136 cm³/mol. The quantitative estimate of drug-likeness (QED) is 0.239. The van der Waals surface area contributed by atoms with Gasteiger partial charge in [-0.15, -0.1) is 0 Å². The van der Waals surface area contributed by atoms with Gasteiger partial charge in [-0.25, -0.2) is 9.59 Å². The van der Waals surface area contributed by atoms with Crippen LogP contribution in [0.4, 0.5) is 41.6 Å². The maximum Gasteiger partial charge on any atom is 0.416 e. The zero-order valence-electron chi connectivity index (χ0n) is 22.0. The molecule has 0 aliphatic carbocycles. The number of fused-ring (bicyclic) bond motifs is 1. The van der Waals surface area contributed by atoms with E-state index in [0.29, 0.717) is 40.0 Å². The molecular formula is C26H27BrF6N2O5. The van der Waals surface area contributed by atoms with E-state index in [9.17, 15) is 35.9 Å². The van der Waals surface area contributed by atoms with Gasteiger partial charge in [0.05, 0.1) is 43.7 Å². The molecule has 2 unspecified atom stereocenters. The third-order valence-electron chi connectivity index (χ3n) is 6.45. The first-order chi connectivity index (χ1) is 18.7. The van der Waals surface area contributed by atoms with E-state index in [-0.39, 0.29) is 19.1 Å². The van der Waals surface area contributed by atoms with Crippen LogP contribution in [-0.2, 0) is 33.7 Å². The zero-order valence-corrected chi connectivity index (χ0v) is 23.5. The molecule has 0 fully saturated rings. The number of nitrogens with zero attached hydrogens (tertiary/aromatic N) is 2. The number of carbonyl (C=O) groups excluding carboxylic acids is 2. The Morgan fingerprint density at radius 1 is 1.02 bits per heavy atom. The minimum absolute atomic E-state index is 0.0217. The fraction of sp³-hybridized carbons (Fsp3) is 0.462. The molecular weight excluding hydrogens is 614 g/mol. The lowest BCUT2D eigenvalue weighted by molar-refractivity contribution is -0.143. The normalized spacial score (nSPS) is 17.2. The molecule has 1 heterocycles. The van der Waals surface area contributed by atoms with Gasteiger partial charge in [0.15, 0.2) is 0 Å². The summed E-state index contributed by atoms with van der Waals surface area (Å²) in [5.74, 6) is 0.391. The first-order valence-corrected chi connectivity index (χ1v) is 13.1. The lowest BCUT2D eigenvalue weighted by atomic mass is 9.89. The van der Waals surface area contributed by atoms with E-state index < -0.39 is 59.9 Å². The maximum atomic E-state index is 13.5. The second-order valence-electron chi connectivity index (χ2n) is 9.04. The van der Waals surface area contributed by atoms with Gasteiger partial charge in [0, 0.05) is 29.0 Å². The molecule has 1 aliphatic heterocycles. The number of amides is 2. The number of benzene rings is 2. The highest BCUT2D eigenvalue weighted by molar-refractivity contribution is 9.08. The molecule has 0 aromatic heterocycles. The first-order valence-electron chi connectivity index (χ1n) is 12.0. The number of carbonyl (C=O) groups is 2. The lowest BCUT2D eigenvalue weighted by Crippen LogP contribution is -2.47. The molecule has 3 rings (SSSR count). The molecule has 7 nitrogen and oxygen atoms in total. The Morgan fingerprint density at radius 2 is 1.62 bits per heavy atom. The molecule has 0 bridgehead atoms. The first kappa shape index (κ1) is 31.4. The van der Waals surface area contributed by atoms with E-state index in [2.05, 4.69) is 15.9 Å². The minimum atomic E-state index is -5.06. The van der Waals surface area contributed by atoms with Crippen molar-refractivity contribution < 1.29 is 50.1 Å². The number of methoxy groups -OCH3 is 2. The van der Waals surface area contributed by atoms with Crippen molar-refractivity contribution in [2.75, 3.05) is 25.7 Å². The van der Waals surface area contributed by atoms with Gasteiger partial charge in [-0.05, 0) is 56.2 Å². The van der Waals surface area contributed by atoms with Crippen LogP contribution in [0.2, 0.25) is 0 Å². The third kappa shape index (κ3) is 6.58. The van der Waals surface area contributed by atoms with Crippen molar-refractivity contribution in [3.05, 3.63) is 58.1 Å². The summed E-state index contributed by atoms with van der Waals surface area (Å²) in [6.07, 6.45) is -11.7. The van der Waals surface area contributed by atoms with Gasteiger partial charge in [0.2, 0.25) is 0 Å². The van der Waals surface area contributed by atoms with Crippen molar-refractivity contribution >= 4 is 33.8 Å². The smallest absolute Gasteiger partial charge is 0.416 e. The van der Waals surface area contributed by atoms with Gasteiger partial charge in [-0.2, -0.15) is 26.3 Å². The number of alkyl halides is 7. The molecule has 2 aromatic rings. The fourth-order valence-electron chi connectivity index (χ4n) is 4.68. The highest BCUT2D eigenvalue weighted by atomic mass is 79.9. The van der Waals surface area contributed by atoms with Crippen LogP contribution >= 0.6 is 15.9 Å². The number of hydrogen-bond acceptors (Lipinski definition) is 5. The number of rotatable bonds is 6. The Kier molecular flexibility index (Phi) is 9.53. The second kappa shape index (κ2) is 12.1. The molecule has 0 radical (unpaired) electrons. The molecule has 0 saturated carbocycles. The predicted octanol–water partition coefficient (Wildman–Crippen LogP) is 7.69. The standard InChI is InChI=1S/C26H27BrF6N2O5/c1-5-40-24(37)35-14(2)6-20(19-11-22(38-3)16(12-27)9-21(19)35)34(23(36)39-4)13-15-7-17(25(28,29)30)10-18(8-15)26(31,32)33/h7-11,14,20H,5-6,12-13H2,1-4H3. The van der Waals surface area contributed by atoms with E-state index >= 15 is 0 Å². The maximum absolute atomic E-state index is 13.5. The Labute approximate surface area is 235 Å². The van der Waals surface area contributed by atoms with Crippen molar-refractivity contribution in [2.45, 2.75) is 56.6 Å². The number of ether oxygens (including phenoxy) is 3. The SMILES string of the molecule is CCOC(=O)N1c2cc(CBr)c(OC)cc2C(N(Cc2cc(C(F)(F)F)cc(C(F)(F)F)c2)C(=O)OC)CC1C. The van der Waals surface area contributed by atoms with Crippen molar-refractivity contribution in [1.29, 1.82) is 0 Å². The molecule has 0 saturated heterocycles. The summed E-state index contributed by atoms with van der Waals surface area (Å²) in [5, 5.41) is 0.338. The molecule has 220 valence electrons. The van der Waals surface area contributed by atoms with Crippen LogP contribution in [0.3, 0.4) is 0 Å². The Morgan fingerprint density at radius 3 is 2.10 bits per heavy atom. The van der Waals surface area contributed by atoms with Gasteiger partial charge >= 0.3 is 24.5 Å². The van der Waals surface area contributed by atoms with Gasteiger partial charge in [-0.3, -0.25) is 9.80 Å². The van der Waals surface area contributed by atoms with Crippen LogP contribution in [0.15, 0.2) is 30.3 Å². The lowest BCUT2D eigenvalue weighted by Gasteiger charge is -2.43. The highest BCUT2D eigenvalue weighted by Gasteiger charge is 2.41. The van der Waals surface area contributed by atoms with Crippen LogP contribution in [0.25, 0.3) is 0 Å². The van der Waals surface area contributed by atoms with Crippen LogP contribution in [0.1, 0.15) is 54.1 Å². The molecule has 0 spiro atoms. The van der Waals surface area contributed by atoms with Crippen LogP contribution < -0.4 is 9.64 Å². The summed E-state index contributed by atoms with van der Waals surface area (Å²) in [6.45, 7) is 2.77. The molecule has 0 N–H and O–H groups in total. The summed E-state index contributed by atoms with van der Waals surface area (Å²) in [6, 6.07) is 2.91. The van der Waals surface area contributed by atoms with E-state index in [4.69, 9.17) is 14.2 Å². The van der Waals surface area contributed by atoms with E-state index in [1.807, 2.05) is 0 Å². The zero-order chi connectivity index (χ0) is 30.0. The van der Waals surface area contributed by atoms with Gasteiger partial charge in [-0.1, -0.05) is 15.9 Å². The van der Waals surface area contributed by atoms with Crippen LogP contribution in [0, 0.1) is 0 Å². The van der Waals surface area contributed by atoms with E-state index in [0.717, 1.165) is 12.0 Å². The number of hydrogen-bond donors (Lipinski definition) is 0. The van der Waals surface area contributed by atoms with Crippen molar-refractivity contribution in [2.24, 2.45) is 0 Å². The molecule has 1 aliphatic rings. The molecule has 14 heteroatoms. The number of halogens is 7. The summed E-state index contributed by atoms with van der Waals surface area (Å²) in [4.78, 5) is 28.3. The van der Waals surface area contributed by atoms with Crippen LogP contribution in [-0.4, -0.2) is 44.0 Å². The Hall–Kier alpha value is -3.16. The third-order valence-corrected chi connectivity index (χ3v) is 7.05. The van der Waals surface area contributed by atoms with Crippen molar-refractivity contribution in [3.63, 3.8) is 0 Å². The summed E-state index contributed by atoms with van der Waals surface area (Å²) in [7, 11) is 2.46. The van der Waals surface area contributed by atoms with E-state index in [1.165, 1.54) is 12.0 Å².